The summed E-state index contributed by atoms with van der Waals surface area (Å²) in [6, 6.07) is 5.73. The first-order valence-electron chi connectivity index (χ1n) is 4.24. The fraction of sp³-hybridized carbons (Fsp3) is 0.200. The van der Waals surface area contributed by atoms with Gasteiger partial charge in [0.2, 0.25) is 0 Å². The van der Waals surface area contributed by atoms with E-state index < -0.39 is 0 Å². The van der Waals surface area contributed by atoms with Gasteiger partial charge in [0.05, 0.1) is 17.2 Å². The van der Waals surface area contributed by atoms with Gasteiger partial charge in [-0.2, -0.15) is 0 Å². The largest absolute Gasteiger partial charge is 0.284 e. The Morgan fingerprint density at radius 2 is 2.29 bits per heavy atom. The number of rotatable bonds is 1. The summed E-state index contributed by atoms with van der Waals surface area (Å²) in [7, 11) is 0. The van der Waals surface area contributed by atoms with Crippen molar-refractivity contribution in [2.24, 2.45) is 0 Å². The Morgan fingerprint density at radius 3 is 3.00 bits per heavy atom. The maximum Gasteiger partial charge on any atom is 0.262 e. The predicted molar refractivity (Wildman–Crippen MR) is 56.6 cm³/mol. The first-order chi connectivity index (χ1) is 6.72. The molecule has 0 fully saturated rings. The molecular weight excluding hydrogens is 200 g/mol. The van der Waals surface area contributed by atoms with Crippen LogP contribution >= 0.6 is 11.6 Å². The van der Waals surface area contributed by atoms with Crippen molar-refractivity contribution < 1.29 is 0 Å². The highest BCUT2D eigenvalue weighted by molar-refractivity contribution is 6.15. The first kappa shape index (κ1) is 9.21. The molecule has 0 radical (unpaired) electrons. The number of hydrogen-bond donors (Lipinski definition) is 0. The summed E-state index contributed by atoms with van der Waals surface area (Å²) in [4.78, 5) is 15.9. The van der Waals surface area contributed by atoms with Gasteiger partial charge in [-0.25, -0.2) is 4.98 Å². The molecule has 2 aromatic rings. The SMILES string of the molecule is Cc1ccc2ncn(CCl)c(=O)c2c1. The van der Waals surface area contributed by atoms with Crippen LogP contribution in [-0.2, 0) is 6.00 Å². The van der Waals surface area contributed by atoms with Crippen LogP contribution in [0.2, 0.25) is 0 Å². The lowest BCUT2D eigenvalue weighted by Gasteiger charge is -2.02. The van der Waals surface area contributed by atoms with Gasteiger partial charge in [-0.1, -0.05) is 11.6 Å². The van der Waals surface area contributed by atoms with E-state index in [1.165, 1.54) is 10.9 Å². The summed E-state index contributed by atoms with van der Waals surface area (Å²) in [5, 5.41) is 0.619. The molecule has 0 saturated carbocycles. The Bertz CT molecular complexity index is 533. The quantitative estimate of drug-likeness (QED) is 0.671. The number of aryl methyl sites for hydroxylation is 1. The minimum absolute atomic E-state index is 0.0892. The topological polar surface area (TPSA) is 34.9 Å². The Morgan fingerprint density at radius 1 is 1.50 bits per heavy atom. The van der Waals surface area contributed by atoms with Crippen LogP contribution in [0, 0.1) is 6.92 Å². The van der Waals surface area contributed by atoms with Crippen LogP contribution in [0.4, 0.5) is 0 Å². The van der Waals surface area contributed by atoms with Gasteiger partial charge in [0.1, 0.15) is 6.00 Å². The van der Waals surface area contributed by atoms with Crippen LogP contribution in [0.5, 0.6) is 0 Å². The molecule has 0 bridgehead atoms. The zero-order chi connectivity index (χ0) is 10.1. The lowest BCUT2D eigenvalue weighted by Crippen LogP contribution is -2.18. The van der Waals surface area contributed by atoms with E-state index in [1.54, 1.807) is 0 Å². The van der Waals surface area contributed by atoms with Gasteiger partial charge >= 0.3 is 0 Å². The summed E-state index contributed by atoms with van der Waals surface area (Å²) >= 11 is 5.60. The van der Waals surface area contributed by atoms with Crippen molar-refractivity contribution in [2.75, 3.05) is 0 Å². The Hall–Kier alpha value is -1.35. The number of aromatic nitrogens is 2. The van der Waals surface area contributed by atoms with Gasteiger partial charge in [-0.05, 0) is 19.1 Å². The number of benzene rings is 1. The average Bonchev–Trinajstić information content (AvgIpc) is 2.20. The Kier molecular flexibility index (Phi) is 2.25. The molecule has 14 heavy (non-hydrogen) atoms. The summed E-state index contributed by atoms with van der Waals surface area (Å²) in [5.74, 6) is 0. The van der Waals surface area contributed by atoms with Crippen molar-refractivity contribution in [1.82, 2.24) is 9.55 Å². The van der Waals surface area contributed by atoms with Gasteiger partial charge in [0, 0.05) is 0 Å². The summed E-state index contributed by atoms with van der Waals surface area (Å²) < 4.78 is 1.38. The summed E-state index contributed by atoms with van der Waals surface area (Å²) in [6.07, 6.45) is 1.47. The maximum atomic E-state index is 11.8. The van der Waals surface area contributed by atoms with Crippen molar-refractivity contribution in [3.05, 3.63) is 40.4 Å². The molecule has 0 unspecified atom stereocenters. The number of nitrogens with zero attached hydrogens (tertiary/aromatic N) is 2. The third-order valence-electron chi connectivity index (χ3n) is 2.11. The Balaban J connectivity index is 2.87. The molecule has 4 heteroatoms. The summed E-state index contributed by atoms with van der Waals surface area (Å²) in [6.45, 7) is 1.94. The van der Waals surface area contributed by atoms with Gasteiger partial charge in [-0.3, -0.25) is 9.36 Å². The molecular formula is C10H9ClN2O. The molecule has 1 aromatic heterocycles. The normalized spacial score (nSPS) is 10.7. The summed E-state index contributed by atoms with van der Waals surface area (Å²) in [5.41, 5.74) is 1.67. The van der Waals surface area contributed by atoms with Crippen molar-refractivity contribution in [3.63, 3.8) is 0 Å². The van der Waals surface area contributed by atoms with Gasteiger partial charge in [0.15, 0.2) is 0 Å². The second kappa shape index (κ2) is 3.42. The molecule has 0 aliphatic heterocycles. The maximum absolute atomic E-state index is 11.8. The molecule has 0 aliphatic carbocycles. The monoisotopic (exact) mass is 208 g/mol. The van der Waals surface area contributed by atoms with Crippen LogP contribution in [0.25, 0.3) is 10.9 Å². The molecule has 1 aromatic carbocycles. The van der Waals surface area contributed by atoms with Crippen LogP contribution in [0.15, 0.2) is 29.3 Å². The fourth-order valence-electron chi connectivity index (χ4n) is 1.36. The molecule has 0 N–H and O–H groups in total. The van der Waals surface area contributed by atoms with Gasteiger partial charge in [-0.15, -0.1) is 11.6 Å². The number of alkyl halides is 1. The highest BCUT2D eigenvalue weighted by atomic mass is 35.5. The van der Waals surface area contributed by atoms with E-state index in [0.717, 1.165) is 5.56 Å². The molecule has 1 heterocycles. The lowest BCUT2D eigenvalue weighted by molar-refractivity contribution is 0.816. The van der Waals surface area contributed by atoms with Crippen LogP contribution in [0.1, 0.15) is 5.56 Å². The second-order valence-electron chi connectivity index (χ2n) is 3.16. The van der Waals surface area contributed by atoms with Crippen molar-refractivity contribution >= 4 is 22.5 Å². The first-order valence-corrected chi connectivity index (χ1v) is 4.77. The lowest BCUT2D eigenvalue weighted by atomic mass is 10.2. The number of fused-ring (bicyclic) bond motifs is 1. The average molecular weight is 209 g/mol. The standard InChI is InChI=1S/C10H9ClN2O/c1-7-2-3-9-8(4-7)10(14)13(5-11)6-12-9/h2-4,6H,5H2,1H3. The van der Waals surface area contributed by atoms with Crippen molar-refractivity contribution in [1.29, 1.82) is 0 Å². The molecule has 0 atom stereocenters. The highest BCUT2D eigenvalue weighted by Crippen LogP contribution is 2.08. The molecule has 72 valence electrons. The van der Waals surface area contributed by atoms with Gasteiger partial charge in [0.25, 0.3) is 5.56 Å². The smallest absolute Gasteiger partial charge is 0.262 e. The second-order valence-corrected chi connectivity index (χ2v) is 3.40. The third kappa shape index (κ3) is 1.40. The zero-order valence-corrected chi connectivity index (χ0v) is 8.45. The van der Waals surface area contributed by atoms with Crippen LogP contribution in [-0.4, -0.2) is 9.55 Å². The van der Waals surface area contributed by atoms with E-state index in [9.17, 15) is 4.79 Å². The fourth-order valence-corrected chi connectivity index (χ4v) is 1.53. The minimum atomic E-state index is -0.0892. The highest BCUT2D eigenvalue weighted by Gasteiger charge is 2.02. The number of hydrogen-bond acceptors (Lipinski definition) is 2. The van der Waals surface area contributed by atoms with E-state index in [-0.39, 0.29) is 11.6 Å². The third-order valence-corrected chi connectivity index (χ3v) is 2.37. The molecule has 2 rings (SSSR count). The molecule has 3 nitrogen and oxygen atoms in total. The van der Waals surface area contributed by atoms with Crippen molar-refractivity contribution in [3.8, 4) is 0 Å². The Labute approximate surface area is 86.0 Å². The molecule has 0 spiro atoms. The van der Waals surface area contributed by atoms with Crippen molar-refractivity contribution in [2.45, 2.75) is 12.9 Å². The minimum Gasteiger partial charge on any atom is -0.284 e. The number of halogens is 1. The zero-order valence-electron chi connectivity index (χ0n) is 7.70. The van der Waals surface area contributed by atoms with E-state index in [4.69, 9.17) is 11.6 Å². The predicted octanol–water partition coefficient (Wildman–Crippen LogP) is 1.90. The van der Waals surface area contributed by atoms with Crippen LogP contribution < -0.4 is 5.56 Å². The van der Waals surface area contributed by atoms with Gasteiger partial charge < -0.3 is 0 Å². The van der Waals surface area contributed by atoms with Crippen LogP contribution in [0.3, 0.4) is 0 Å². The van der Waals surface area contributed by atoms with E-state index >= 15 is 0 Å². The van der Waals surface area contributed by atoms with E-state index in [1.807, 2.05) is 25.1 Å². The molecule has 0 aliphatic rings. The molecule has 0 saturated heterocycles. The molecule has 0 amide bonds. The van der Waals surface area contributed by atoms with E-state index in [2.05, 4.69) is 4.98 Å². The van der Waals surface area contributed by atoms with E-state index in [0.29, 0.717) is 10.9 Å².